The molecule has 0 fully saturated rings. The highest BCUT2D eigenvalue weighted by molar-refractivity contribution is 6.08. The Bertz CT molecular complexity index is 588. The molecule has 22 heavy (non-hydrogen) atoms. The second kappa shape index (κ2) is 6.55. The summed E-state index contributed by atoms with van der Waals surface area (Å²) in [5.41, 5.74) is 1.35. The van der Waals surface area contributed by atoms with E-state index in [9.17, 15) is 9.59 Å². The lowest BCUT2D eigenvalue weighted by Crippen LogP contribution is -2.50. The zero-order valence-electron chi connectivity index (χ0n) is 13.2. The first kappa shape index (κ1) is 15.9. The van der Waals surface area contributed by atoms with Gasteiger partial charge in [-0.2, -0.15) is 0 Å². The van der Waals surface area contributed by atoms with Crippen molar-refractivity contribution in [3.63, 3.8) is 0 Å². The van der Waals surface area contributed by atoms with Gasteiger partial charge >= 0.3 is 0 Å². The summed E-state index contributed by atoms with van der Waals surface area (Å²) in [6.45, 7) is 1.88. The maximum atomic E-state index is 12.5. The molecule has 1 aromatic rings. The Labute approximate surface area is 129 Å². The Morgan fingerprint density at radius 3 is 2.50 bits per heavy atom. The van der Waals surface area contributed by atoms with Gasteiger partial charge in [0.15, 0.2) is 11.5 Å². The number of fused-ring (bicyclic) bond motifs is 1. The summed E-state index contributed by atoms with van der Waals surface area (Å²) >= 11 is 0. The number of nitrogens with one attached hydrogen (secondary N) is 2. The van der Waals surface area contributed by atoms with Gasteiger partial charge in [0.2, 0.25) is 11.8 Å². The number of carbonyl (C=O) groups is 2. The van der Waals surface area contributed by atoms with Crippen LogP contribution in [-0.4, -0.2) is 45.7 Å². The van der Waals surface area contributed by atoms with Crippen LogP contribution in [0.1, 0.15) is 13.3 Å². The van der Waals surface area contributed by atoms with E-state index in [1.54, 1.807) is 26.3 Å². The van der Waals surface area contributed by atoms with Gasteiger partial charge in [-0.05, 0) is 6.42 Å². The average Bonchev–Trinajstić information content (AvgIpc) is 2.55. The molecule has 1 aromatic carbocycles. The van der Waals surface area contributed by atoms with Crippen LogP contribution in [-0.2, 0) is 9.59 Å². The van der Waals surface area contributed by atoms with Crippen LogP contribution >= 0.6 is 0 Å². The highest BCUT2D eigenvalue weighted by Crippen LogP contribution is 2.41. The van der Waals surface area contributed by atoms with E-state index in [0.717, 1.165) is 5.69 Å². The Morgan fingerprint density at radius 1 is 1.32 bits per heavy atom. The van der Waals surface area contributed by atoms with E-state index in [2.05, 4.69) is 10.6 Å². The number of hydrogen-bond acceptors (Lipinski definition) is 5. The molecule has 2 rings (SSSR count). The van der Waals surface area contributed by atoms with Crippen molar-refractivity contribution in [2.45, 2.75) is 19.4 Å². The first-order valence-corrected chi connectivity index (χ1v) is 7.10. The average molecular weight is 307 g/mol. The highest BCUT2D eigenvalue weighted by Gasteiger charge is 2.33. The molecule has 0 aliphatic carbocycles. The second-order valence-corrected chi connectivity index (χ2v) is 4.93. The van der Waals surface area contributed by atoms with Gasteiger partial charge in [-0.25, -0.2) is 0 Å². The van der Waals surface area contributed by atoms with Crippen LogP contribution in [0.15, 0.2) is 12.1 Å². The summed E-state index contributed by atoms with van der Waals surface area (Å²) in [5.74, 6) is 0.710. The van der Waals surface area contributed by atoms with Crippen LogP contribution < -0.4 is 25.0 Å². The van der Waals surface area contributed by atoms with Crippen molar-refractivity contribution in [2.24, 2.45) is 0 Å². The van der Waals surface area contributed by atoms with Crippen molar-refractivity contribution in [1.29, 1.82) is 0 Å². The van der Waals surface area contributed by atoms with Gasteiger partial charge in [0.25, 0.3) is 0 Å². The number of benzene rings is 1. The first-order valence-electron chi connectivity index (χ1n) is 7.10. The molecule has 0 aromatic heterocycles. The third-order valence-electron chi connectivity index (χ3n) is 3.68. The van der Waals surface area contributed by atoms with E-state index in [0.29, 0.717) is 23.6 Å². The SMILES string of the molecule is CCC1Nc2cc(OC)c(OC)cc2N(CC(=O)NC)C1=O. The van der Waals surface area contributed by atoms with Crippen molar-refractivity contribution >= 4 is 23.2 Å². The predicted molar refractivity (Wildman–Crippen MR) is 83.7 cm³/mol. The fourth-order valence-corrected chi connectivity index (χ4v) is 2.43. The Balaban J connectivity index is 2.50. The van der Waals surface area contributed by atoms with E-state index in [4.69, 9.17) is 9.47 Å². The molecule has 7 nitrogen and oxygen atoms in total. The van der Waals surface area contributed by atoms with Gasteiger partial charge in [0.1, 0.15) is 12.6 Å². The van der Waals surface area contributed by atoms with Gasteiger partial charge < -0.3 is 20.1 Å². The summed E-state index contributed by atoms with van der Waals surface area (Å²) in [7, 11) is 4.62. The number of ether oxygens (including phenoxy) is 2. The molecule has 1 atom stereocenters. The summed E-state index contributed by atoms with van der Waals surface area (Å²) in [5, 5.41) is 5.72. The van der Waals surface area contributed by atoms with Crippen LogP contribution in [0.2, 0.25) is 0 Å². The van der Waals surface area contributed by atoms with E-state index in [1.807, 2.05) is 6.92 Å². The predicted octanol–water partition coefficient (Wildman–Crippen LogP) is 0.987. The van der Waals surface area contributed by atoms with Crippen molar-refractivity contribution in [3.8, 4) is 11.5 Å². The second-order valence-electron chi connectivity index (χ2n) is 4.93. The third-order valence-corrected chi connectivity index (χ3v) is 3.68. The zero-order valence-corrected chi connectivity index (χ0v) is 13.2. The van der Waals surface area contributed by atoms with E-state index in [-0.39, 0.29) is 24.4 Å². The maximum Gasteiger partial charge on any atom is 0.250 e. The lowest BCUT2D eigenvalue weighted by atomic mass is 10.1. The van der Waals surface area contributed by atoms with Crippen molar-refractivity contribution in [3.05, 3.63) is 12.1 Å². The van der Waals surface area contributed by atoms with Crippen molar-refractivity contribution in [1.82, 2.24) is 5.32 Å². The number of hydrogen-bond donors (Lipinski definition) is 2. The van der Waals surface area contributed by atoms with E-state index >= 15 is 0 Å². The number of anilines is 2. The molecule has 1 aliphatic rings. The monoisotopic (exact) mass is 307 g/mol. The summed E-state index contributed by atoms with van der Waals surface area (Å²) in [6, 6.07) is 3.11. The van der Waals surface area contributed by atoms with Crippen LogP contribution in [0.5, 0.6) is 11.5 Å². The van der Waals surface area contributed by atoms with Crippen LogP contribution in [0, 0.1) is 0 Å². The summed E-state index contributed by atoms with van der Waals surface area (Å²) in [4.78, 5) is 25.7. The molecule has 120 valence electrons. The van der Waals surface area contributed by atoms with Gasteiger partial charge in [0, 0.05) is 19.2 Å². The molecule has 0 saturated carbocycles. The molecule has 7 heteroatoms. The zero-order chi connectivity index (χ0) is 16.3. The first-order chi connectivity index (χ1) is 10.5. The molecule has 0 saturated heterocycles. The van der Waals surface area contributed by atoms with Gasteiger partial charge in [-0.1, -0.05) is 6.92 Å². The van der Waals surface area contributed by atoms with E-state index < -0.39 is 0 Å². The highest BCUT2D eigenvalue weighted by atomic mass is 16.5. The molecule has 1 aliphatic heterocycles. The van der Waals surface area contributed by atoms with E-state index in [1.165, 1.54) is 12.0 Å². The van der Waals surface area contributed by atoms with Crippen LogP contribution in [0.4, 0.5) is 11.4 Å². The number of nitrogens with zero attached hydrogens (tertiary/aromatic N) is 1. The summed E-state index contributed by atoms with van der Waals surface area (Å²) in [6.07, 6.45) is 0.622. The summed E-state index contributed by atoms with van der Waals surface area (Å²) < 4.78 is 10.6. The van der Waals surface area contributed by atoms with Gasteiger partial charge in [-0.15, -0.1) is 0 Å². The molecular weight excluding hydrogens is 286 g/mol. The number of carbonyl (C=O) groups excluding carboxylic acids is 2. The lowest BCUT2D eigenvalue weighted by Gasteiger charge is -2.35. The van der Waals surface area contributed by atoms with Crippen molar-refractivity contribution < 1.29 is 19.1 Å². The van der Waals surface area contributed by atoms with Crippen LogP contribution in [0.3, 0.4) is 0 Å². The largest absolute Gasteiger partial charge is 0.493 e. The van der Waals surface area contributed by atoms with Gasteiger partial charge in [0.05, 0.1) is 25.6 Å². The molecule has 0 spiro atoms. The topological polar surface area (TPSA) is 79.9 Å². The standard InChI is InChI=1S/C15H21N3O4/c1-5-9-15(20)18(8-14(19)16-2)11-7-13(22-4)12(21-3)6-10(11)17-9/h6-7,9,17H,5,8H2,1-4H3,(H,16,19). The minimum Gasteiger partial charge on any atom is -0.493 e. The quantitative estimate of drug-likeness (QED) is 0.848. The lowest BCUT2D eigenvalue weighted by molar-refractivity contribution is -0.124. The Morgan fingerprint density at radius 2 is 1.95 bits per heavy atom. The third kappa shape index (κ3) is 2.79. The number of amides is 2. The molecule has 1 heterocycles. The fraction of sp³-hybridized carbons (Fsp3) is 0.467. The minimum absolute atomic E-state index is 0.0317. The molecule has 2 amide bonds. The molecule has 0 bridgehead atoms. The molecular formula is C15H21N3O4. The number of rotatable bonds is 5. The smallest absolute Gasteiger partial charge is 0.250 e. The molecule has 2 N–H and O–H groups in total. The maximum absolute atomic E-state index is 12.5. The number of likely N-dealkylation sites (N-methyl/N-ethyl adjacent to an activating group) is 1. The minimum atomic E-state index is -0.366. The Kier molecular flexibility index (Phi) is 4.75. The Hall–Kier alpha value is -2.44. The van der Waals surface area contributed by atoms with Gasteiger partial charge in [-0.3, -0.25) is 14.5 Å². The molecule has 1 unspecified atom stereocenters. The molecule has 0 radical (unpaired) electrons. The normalized spacial score (nSPS) is 16.6. The van der Waals surface area contributed by atoms with Crippen LogP contribution in [0.25, 0.3) is 0 Å². The fourth-order valence-electron chi connectivity index (χ4n) is 2.43. The van der Waals surface area contributed by atoms with Crippen molar-refractivity contribution in [2.75, 3.05) is 38.0 Å². The number of methoxy groups -OCH3 is 2.